The molecule has 3 N–H and O–H groups in total. The van der Waals surface area contributed by atoms with Gasteiger partial charge in [0, 0.05) is 6.42 Å². The Morgan fingerprint density at radius 3 is 2.92 bits per heavy atom. The van der Waals surface area contributed by atoms with Crippen LogP contribution in [0.15, 0.2) is 9.32 Å². The number of aromatic amines is 1. The van der Waals surface area contributed by atoms with Crippen molar-refractivity contribution >= 4 is 12.4 Å². The number of terminal acetylenes is 1. The van der Waals surface area contributed by atoms with Crippen molar-refractivity contribution in [2.45, 2.75) is 12.5 Å². The fraction of sp³-hybridized carbons (Fsp3) is 0.333. The zero-order chi connectivity index (χ0) is 8.27. The smallest absolute Gasteiger partial charge is 0.320 e. The highest BCUT2D eigenvalue weighted by Crippen LogP contribution is 2.04. The Kier molecular flexibility index (Phi) is 4.11. The highest BCUT2D eigenvalue weighted by atomic mass is 35.5. The van der Waals surface area contributed by atoms with Gasteiger partial charge < -0.3 is 5.73 Å². The van der Waals surface area contributed by atoms with Crippen molar-refractivity contribution in [3.63, 3.8) is 0 Å². The molecule has 0 aliphatic rings. The van der Waals surface area contributed by atoms with Gasteiger partial charge >= 0.3 is 5.76 Å². The van der Waals surface area contributed by atoms with Gasteiger partial charge in [0.2, 0.25) is 0 Å². The van der Waals surface area contributed by atoms with Gasteiger partial charge in [0.05, 0.1) is 6.04 Å². The Morgan fingerprint density at radius 2 is 2.50 bits per heavy atom. The summed E-state index contributed by atoms with van der Waals surface area (Å²) in [4.78, 5) is 12.7. The van der Waals surface area contributed by atoms with Gasteiger partial charge in [0.25, 0.3) is 0 Å². The van der Waals surface area contributed by atoms with E-state index in [-0.39, 0.29) is 18.2 Å². The second kappa shape index (κ2) is 4.59. The van der Waals surface area contributed by atoms with Crippen LogP contribution in [0.1, 0.15) is 18.3 Å². The first-order valence-corrected chi connectivity index (χ1v) is 2.99. The molecule has 0 saturated heterocycles. The number of H-pyrrole nitrogens is 1. The molecule has 0 radical (unpaired) electrons. The molecule has 0 aromatic carbocycles. The van der Waals surface area contributed by atoms with Crippen LogP contribution in [0, 0.1) is 12.3 Å². The van der Waals surface area contributed by atoms with E-state index in [4.69, 9.17) is 12.2 Å². The van der Waals surface area contributed by atoms with E-state index in [1.54, 1.807) is 0 Å². The molecule has 1 rings (SSSR count). The van der Waals surface area contributed by atoms with Crippen molar-refractivity contribution in [1.29, 1.82) is 0 Å². The predicted molar refractivity (Wildman–Crippen MR) is 44.8 cm³/mol. The Hall–Kier alpha value is -1.25. The lowest BCUT2D eigenvalue weighted by Crippen LogP contribution is -2.12. The van der Waals surface area contributed by atoms with Crippen molar-refractivity contribution in [2.75, 3.05) is 0 Å². The quantitative estimate of drug-likeness (QED) is 0.632. The molecular formula is C6H8ClN3O2. The molecule has 6 heteroatoms. The van der Waals surface area contributed by atoms with Crippen LogP contribution in [0.4, 0.5) is 0 Å². The highest BCUT2D eigenvalue weighted by molar-refractivity contribution is 5.85. The number of nitrogens with two attached hydrogens (primary N) is 1. The van der Waals surface area contributed by atoms with Gasteiger partial charge in [0.15, 0.2) is 5.82 Å². The van der Waals surface area contributed by atoms with Crippen molar-refractivity contribution in [1.82, 2.24) is 10.1 Å². The van der Waals surface area contributed by atoms with E-state index in [0.29, 0.717) is 6.42 Å². The van der Waals surface area contributed by atoms with Gasteiger partial charge in [-0.1, -0.05) is 5.16 Å². The molecule has 1 aromatic rings. The molecule has 1 aromatic heterocycles. The molecule has 0 fully saturated rings. The van der Waals surface area contributed by atoms with Gasteiger partial charge in [-0.2, -0.15) is 0 Å². The second-order valence-corrected chi connectivity index (χ2v) is 2.00. The van der Waals surface area contributed by atoms with Crippen molar-refractivity contribution in [3.05, 3.63) is 16.4 Å². The summed E-state index contributed by atoms with van der Waals surface area (Å²) in [5, 5.41) is 3.37. The molecule has 0 aliphatic carbocycles. The highest BCUT2D eigenvalue weighted by Gasteiger charge is 2.08. The minimum absolute atomic E-state index is 0. The molecule has 0 spiro atoms. The molecular weight excluding hydrogens is 182 g/mol. The molecule has 1 atom stereocenters. The average Bonchev–Trinajstić information content (AvgIpc) is 2.36. The van der Waals surface area contributed by atoms with Crippen LogP contribution in [0.3, 0.4) is 0 Å². The summed E-state index contributed by atoms with van der Waals surface area (Å²) < 4.78 is 4.22. The summed E-state index contributed by atoms with van der Waals surface area (Å²) in [6.07, 6.45) is 5.32. The van der Waals surface area contributed by atoms with Crippen LogP contribution in [-0.4, -0.2) is 10.1 Å². The maximum Gasteiger partial charge on any atom is 0.438 e. The van der Waals surface area contributed by atoms with Crippen LogP contribution in [0.5, 0.6) is 0 Å². The first-order chi connectivity index (χ1) is 5.24. The van der Waals surface area contributed by atoms with Gasteiger partial charge in [-0.05, 0) is 0 Å². The summed E-state index contributed by atoms with van der Waals surface area (Å²) in [7, 11) is 0. The number of nitrogens with zero attached hydrogens (tertiary/aromatic N) is 1. The first-order valence-electron chi connectivity index (χ1n) is 2.99. The van der Waals surface area contributed by atoms with Gasteiger partial charge in [-0.15, -0.1) is 24.8 Å². The minimum Gasteiger partial charge on any atom is -0.320 e. The zero-order valence-electron chi connectivity index (χ0n) is 6.11. The van der Waals surface area contributed by atoms with Gasteiger partial charge in [-0.3, -0.25) is 9.51 Å². The second-order valence-electron chi connectivity index (χ2n) is 2.00. The Morgan fingerprint density at radius 1 is 1.83 bits per heavy atom. The molecule has 0 amide bonds. The SMILES string of the molecule is C#CCC(N)c1noc(=O)[nH]1.Cl. The van der Waals surface area contributed by atoms with Crippen molar-refractivity contribution in [2.24, 2.45) is 5.73 Å². The zero-order valence-corrected chi connectivity index (χ0v) is 6.93. The number of aromatic nitrogens is 2. The number of hydrogen-bond acceptors (Lipinski definition) is 4. The number of hydrogen-bond donors (Lipinski definition) is 2. The summed E-state index contributed by atoms with van der Waals surface area (Å²) >= 11 is 0. The third kappa shape index (κ3) is 2.42. The molecule has 12 heavy (non-hydrogen) atoms. The molecule has 66 valence electrons. The summed E-state index contributed by atoms with van der Waals surface area (Å²) in [6, 6.07) is -0.452. The maximum atomic E-state index is 10.4. The molecule has 0 saturated carbocycles. The van der Waals surface area contributed by atoms with E-state index in [9.17, 15) is 4.79 Å². The molecule has 5 nitrogen and oxygen atoms in total. The minimum atomic E-state index is -0.618. The standard InChI is InChI=1S/C6H7N3O2.ClH/c1-2-3-4(7)5-8-6(10)11-9-5;/h1,4H,3,7H2,(H,8,9,10);1H. The lowest BCUT2D eigenvalue weighted by Gasteiger charge is -1.99. The Labute approximate surface area is 74.7 Å². The monoisotopic (exact) mass is 189 g/mol. The topological polar surface area (TPSA) is 84.9 Å². The van der Waals surface area contributed by atoms with Crippen LogP contribution < -0.4 is 11.5 Å². The fourth-order valence-electron chi connectivity index (χ4n) is 0.625. The maximum absolute atomic E-state index is 10.4. The first kappa shape index (κ1) is 10.8. The van der Waals surface area contributed by atoms with Crippen LogP contribution in [0.2, 0.25) is 0 Å². The molecule has 0 bridgehead atoms. The Balaban J connectivity index is 0.00000121. The van der Waals surface area contributed by atoms with Crippen LogP contribution >= 0.6 is 12.4 Å². The van der Waals surface area contributed by atoms with E-state index in [1.165, 1.54) is 0 Å². The lowest BCUT2D eigenvalue weighted by molar-refractivity contribution is 0.377. The van der Waals surface area contributed by atoms with E-state index in [2.05, 4.69) is 20.6 Å². The lowest BCUT2D eigenvalue weighted by atomic mass is 10.2. The summed E-state index contributed by atoms with van der Waals surface area (Å²) in [6.45, 7) is 0. The molecule has 1 unspecified atom stereocenters. The van der Waals surface area contributed by atoms with E-state index < -0.39 is 11.8 Å². The van der Waals surface area contributed by atoms with Gasteiger partial charge in [0.1, 0.15) is 0 Å². The number of halogens is 1. The fourth-order valence-corrected chi connectivity index (χ4v) is 0.625. The summed E-state index contributed by atoms with van der Waals surface area (Å²) in [5.74, 6) is 2.01. The molecule has 0 aliphatic heterocycles. The van der Waals surface area contributed by atoms with Crippen molar-refractivity contribution in [3.8, 4) is 12.3 Å². The normalized spacial score (nSPS) is 11.3. The van der Waals surface area contributed by atoms with E-state index >= 15 is 0 Å². The Bertz CT molecular complexity index is 324. The van der Waals surface area contributed by atoms with Gasteiger partial charge in [-0.25, -0.2) is 4.79 Å². The third-order valence-corrected chi connectivity index (χ3v) is 1.15. The largest absolute Gasteiger partial charge is 0.438 e. The molecule has 1 heterocycles. The number of nitrogens with one attached hydrogen (secondary N) is 1. The number of rotatable bonds is 2. The average molecular weight is 190 g/mol. The van der Waals surface area contributed by atoms with Crippen LogP contribution in [-0.2, 0) is 0 Å². The van der Waals surface area contributed by atoms with Crippen molar-refractivity contribution < 1.29 is 4.52 Å². The van der Waals surface area contributed by atoms with Crippen LogP contribution in [0.25, 0.3) is 0 Å². The summed E-state index contributed by atoms with van der Waals surface area (Å²) in [5.41, 5.74) is 5.48. The predicted octanol–water partition coefficient (Wildman–Crippen LogP) is -0.192. The van der Waals surface area contributed by atoms with E-state index in [1.807, 2.05) is 0 Å². The van der Waals surface area contributed by atoms with E-state index in [0.717, 1.165) is 0 Å². The third-order valence-electron chi connectivity index (χ3n) is 1.15.